The molecule has 0 bridgehead atoms. The summed E-state index contributed by atoms with van der Waals surface area (Å²) in [5, 5.41) is 1.67. The highest BCUT2D eigenvalue weighted by Gasteiger charge is 2.14. The summed E-state index contributed by atoms with van der Waals surface area (Å²) in [6.45, 7) is 2.13. The lowest BCUT2D eigenvalue weighted by Gasteiger charge is -2.17. The Morgan fingerprint density at radius 2 is 2.07 bits per heavy atom. The van der Waals surface area contributed by atoms with Gasteiger partial charge in [0, 0.05) is 6.42 Å². The standard InChI is InChI=1S/C11H14N2O/c1-2-6-11-9-12-13(14-11)10-7-4-3-5-8-10/h3-5,7-9,12H,2,6H2,1H3. The lowest BCUT2D eigenvalue weighted by Crippen LogP contribution is -2.27. The van der Waals surface area contributed by atoms with Gasteiger partial charge in [0.1, 0.15) is 0 Å². The number of allylic oxidation sites excluding steroid dienone is 1. The molecule has 3 heteroatoms. The van der Waals surface area contributed by atoms with Crippen molar-refractivity contribution in [1.29, 1.82) is 0 Å². The van der Waals surface area contributed by atoms with Gasteiger partial charge in [-0.3, -0.25) is 5.43 Å². The lowest BCUT2D eigenvalue weighted by molar-refractivity contribution is 0.183. The number of nitrogens with zero attached hydrogens (tertiary/aromatic N) is 1. The average molecular weight is 190 g/mol. The van der Waals surface area contributed by atoms with Gasteiger partial charge in [-0.1, -0.05) is 25.1 Å². The van der Waals surface area contributed by atoms with E-state index in [4.69, 9.17) is 4.84 Å². The number of para-hydroxylation sites is 1. The zero-order valence-corrected chi connectivity index (χ0v) is 8.23. The Morgan fingerprint density at radius 1 is 1.29 bits per heavy atom. The molecule has 3 nitrogen and oxygen atoms in total. The van der Waals surface area contributed by atoms with Crippen LogP contribution >= 0.6 is 0 Å². The number of rotatable bonds is 3. The van der Waals surface area contributed by atoms with Gasteiger partial charge in [-0.05, 0) is 18.6 Å². The zero-order chi connectivity index (χ0) is 9.80. The second-order valence-electron chi connectivity index (χ2n) is 3.21. The number of hydrogen-bond acceptors (Lipinski definition) is 3. The number of nitrogens with one attached hydrogen (secondary N) is 1. The molecule has 0 spiro atoms. The van der Waals surface area contributed by atoms with E-state index in [1.54, 1.807) is 5.17 Å². The molecule has 2 rings (SSSR count). The highest BCUT2D eigenvalue weighted by molar-refractivity contribution is 5.43. The van der Waals surface area contributed by atoms with E-state index in [2.05, 4.69) is 12.3 Å². The Labute approximate surface area is 83.9 Å². The molecular weight excluding hydrogens is 176 g/mol. The fourth-order valence-corrected chi connectivity index (χ4v) is 1.36. The first kappa shape index (κ1) is 8.94. The van der Waals surface area contributed by atoms with Crippen LogP contribution in [0.25, 0.3) is 0 Å². The van der Waals surface area contributed by atoms with Crippen LogP contribution in [0.4, 0.5) is 5.69 Å². The van der Waals surface area contributed by atoms with E-state index in [-0.39, 0.29) is 0 Å². The molecule has 0 unspecified atom stereocenters. The van der Waals surface area contributed by atoms with Crippen LogP contribution in [0, 0.1) is 0 Å². The molecule has 0 amide bonds. The summed E-state index contributed by atoms with van der Waals surface area (Å²) >= 11 is 0. The van der Waals surface area contributed by atoms with E-state index >= 15 is 0 Å². The number of hydrazine groups is 1. The molecule has 1 heterocycles. The summed E-state index contributed by atoms with van der Waals surface area (Å²) in [5.41, 5.74) is 4.07. The molecule has 1 aliphatic heterocycles. The Kier molecular flexibility index (Phi) is 2.58. The Balaban J connectivity index is 1.99. The smallest absolute Gasteiger partial charge is 0.152 e. The van der Waals surface area contributed by atoms with Gasteiger partial charge in [0.15, 0.2) is 5.76 Å². The number of hydrogen-bond donors (Lipinski definition) is 1. The summed E-state index contributed by atoms with van der Waals surface area (Å²) in [6, 6.07) is 9.95. The molecule has 0 aromatic heterocycles. The fourth-order valence-electron chi connectivity index (χ4n) is 1.36. The largest absolute Gasteiger partial charge is 0.362 e. The molecule has 1 N–H and O–H groups in total. The molecule has 0 aliphatic carbocycles. The maximum atomic E-state index is 5.57. The molecule has 1 aromatic rings. The van der Waals surface area contributed by atoms with Crippen LogP contribution in [0.5, 0.6) is 0 Å². The van der Waals surface area contributed by atoms with E-state index in [0.717, 1.165) is 24.3 Å². The van der Waals surface area contributed by atoms with Crippen LogP contribution in [0.1, 0.15) is 19.8 Å². The summed E-state index contributed by atoms with van der Waals surface area (Å²) in [4.78, 5) is 5.57. The van der Waals surface area contributed by atoms with Crippen molar-refractivity contribution in [3.63, 3.8) is 0 Å². The molecule has 0 radical (unpaired) electrons. The predicted octanol–water partition coefficient (Wildman–Crippen LogP) is 2.58. The van der Waals surface area contributed by atoms with Gasteiger partial charge in [0.25, 0.3) is 0 Å². The molecular formula is C11H14N2O. The summed E-state index contributed by atoms with van der Waals surface area (Å²) < 4.78 is 0. The fraction of sp³-hybridized carbons (Fsp3) is 0.273. The quantitative estimate of drug-likeness (QED) is 0.792. The minimum Gasteiger partial charge on any atom is -0.362 e. The van der Waals surface area contributed by atoms with Crippen LogP contribution in [0.2, 0.25) is 0 Å². The maximum Gasteiger partial charge on any atom is 0.152 e. The first-order valence-corrected chi connectivity index (χ1v) is 4.88. The van der Waals surface area contributed by atoms with Gasteiger partial charge in [-0.15, -0.1) is 5.17 Å². The molecule has 74 valence electrons. The van der Waals surface area contributed by atoms with Crippen LogP contribution in [-0.4, -0.2) is 0 Å². The van der Waals surface area contributed by atoms with E-state index < -0.39 is 0 Å². The van der Waals surface area contributed by atoms with E-state index in [9.17, 15) is 0 Å². The van der Waals surface area contributed by atoms with Gasteiger partial charge in [0.05, 0.1) is 11.9 Å². The SMILES string of the molecule is CCCC1=CNN(c2ccccc2)O1. The van der Waals surface area contributed by atoms with Crippen LogP contribution in [0.3, 0.4) is 0 Å². The van der Waals surface area contributed by atoms with E-state index in [0.29, 0.717) is 0 Å². The third-order valence-corrected chi connectivity index (χ3v) is 2.04. The highest BCUT2D eigenvalue weighted by atomic mass is 16.7. The van der Waals surface area contributed by atoms with Crippen molar-refractivity contribution >= 4 is 5.69 Å². The Bertz CT molecular complexity index is 321. The normalized spacial score (nSPS) is 14.6. The molecule has 14 heavy (non-hydrogen) atoms. The monoisotopic (exact) mass is 190 g/mol. The molecule has 1 aromatic carbocycles. The number of benzene rings is 1. The van der Waals surface area contributed by atoms with Gasteiger partial charge >= 0.3 is 0 Å². The third kappa shape index (κ3) is 1.82. The minimum atomic E-state index is 0.969. The first-order chi connectivity index (χ1) is 6.90. The lowest BCUT2D eigenvalue weighted by atomic mass is 10.3. The Morgan fingerprint density at radius 3 is 2.79 bits per heavy atom. The van der Waals surface area contributed by atoms with Crippen molar-refractivity contribution in [2.75, 3.05) is 5.17 Å². The minimum absolute atomic E-state index is 0.969. The number of anilines is 1. The summed E-state index contributed by atoms with van der Waals surface area (Å²) in [7, 11) is 0. The van der Waals surface area contributed by atoms with Crippen molar-refractivity contribution in [1.82, 2.24) is 5.43 Å². The summed E-state index contributed by atoms with van der Waals surface area (Å²) in [5.74, 6) is 0.983. The van der Waals surface area contributed by atoms with E-state index in [1.165, 1.54) is 0 Å². The van der Waals surface area contributed by atoms with Gasteiger partial charge in [-0.25, -0.2) is 0 Å². The molecule has 0 atom stereocenters. The summed E-state index contributed by atoms with van der Waals surface area (Å²) in [6.07, 6.45) is 3.96. The molecule has 0 fully saturated rings. The highest BCUT2D eigenvalue weighted by Crippen LogP contribution is 2.19. The molecule has 0 saturated carbocycles. The second kappa shape index (κ2) is 4.05. The van der Waals surface area contributed by atoms with Crippen molar-refractivity contribution in [2.24, 2.45) is 0 Å². The zero-order valence-electron chi connectivity index (χ0n) is 8.23. The van der Waals surface area contributed by atoms with Crippen LogP contribution in [0.15, 0.2) is 42.3 Å². The third-order valence-electron chi connectivity index (χ3n) is 2.04. The van der Waals surface area contributed by atoms with Crippen LogP contribution in [-0.2, 0) is 4.84 Å². The van der Waals surface area contributed by atoms with E-state index in [1.807, 2.05) is 36.5 Å². The van der Waals surface area contributed by atoms with Crippen molar-refractivity contribution in [3.8, 4) is 0 Å². The van der Waals surface area contributed by atoms with Crippen LogP contribution < -0.4 is 10.6 Å². The Hall–Kier alpha value is -1.64. The second-order valence-corrected chi connectivity index (χ2v) is 3.21. The molecule has 1 aliphatic rings. The maximum absolute atomic E-state index is 5.57. The van der Waals surface area contributed by atoms with Gasteiger partial charge in [0.2, 0.25) is 0 Å². The van der Waals surface area contributed by atoms with Gasteiger partial charge in [-0.2, -0.15) is 0 Å². The first-order valence-electron chi connectivity index (χ1n) is 4.88. The topological polar surface area (TPSA) is 24.5 Å². The van der Waals surface area contributed by atoms with Crippen molar-refractivity contribution in [2.45, 2.75) is 19.8 Å². The molecule has 0 saturated heterocycles. The predicted molar refractivity (Wildman–Crippen MR) is 56.1 cm³/mol. The average Bonchev–Trinajstić information content (AvgIpc) is 2.68. The van der Waals surface area contributed by atoms with Gasteiger partial charge < -0.3 is 4.84 Å². The van der Waals surface area contributed by atoms with Crippen molar-refractivity contribution in [3.05, 3.63) is 42.3 Å². The van der Waals surface area contributed by atoms with Crippen molar-refractivity contribution < 1.29 is 4.84 Å².